The number of nitrogens with two attached hydrogens (primary N) is 1. The number of hydrogen-bond acceptors (Lipinski definition) is 5. The van der Waals surface area contributed by atoms with Gasteiger partial charge >= 0.3 is 6.09 Å². The molecule has 1 amide bonds. The van der Waals surface area contributed by atoms with Crippen LogP contribution in [0.25, 0.3) is 5.57 Å². The molecule has 0 spiro atoms. The van der Waals surface area contributed by atoms with Crippen molar-refractivity contribution in [2.24, 2.45) is 5.73 Å². The molecule has 0 radical (unpaired) electrons. The molecule has 33 heavy (non-hydrogen) atoms. The first-order valence-corrected chi connectivity index (χ1v) is 12.2. The monoisotopic (exact) mass is 519 g/mol. The molecule has 2 aromatic rings. The van der Waals surface area contributed by atoms with E-state index in [9.17, 15) is 14.7 Å². The summed E-state index contributed by atoms with van der Waals surface area (Å²) in [6.07, 6.45) is 4.13. The van der Waals surface area contributed by atoms with Gasteiger partial charge in [-0.15, -0.1) is 0 Å². The standard InChI is InChI=1S/C22H23BrN2O4.C2H6.CH5N/c1-2-29-22(28)25-9-7-13(8-10-25)19-16-6-4-15(26)11-14(16)3-5-17-20(19)24-12-18(23)21(17)27;2*1-2/h4,6,11-12,26H,2-3,5,7-10H2,1H3,(H,24,27);1-2H3;2H2,1H3. The molecule has 8 heteroatoms. The van der Waals surface area contributed by atoms with Gasteiger partial charge in [0.1, 0.15) is 5.75 Å². The van der Waals surface area contributed by atoms with Crippen LogP contribution in [0.3, 0.4) is 0 Å². The van der Waals surface area contributed by atoms with Gasteiger partial charge in [0.2, 0.25) is 0 Å². The van der Waals surface area contributed by atoms with E-state index in [2.05, 4.69) is 26.6 Å². The SMILES string of the molecule is CC.CCOC(=O)N1CCC(=C2c3ccc(O)cc3CCc3c2[nH]cc(Br)c3=O)CC1.CN. The zero-order chi connectivity index (χ0) is 24.5. The van der Waals surface area contributed by atoms with Crippen LogP contribution in [0.4, 0.5) is 4.79 Å². The molecule has 0 bridgehead atoms. The summed E-state index contributed by atoms with van der Waals surface area (Å²) in [5.74, 6) is 0.226. The Bertz CT molecular complexity index is 1050. The van der Waals surface area contributed by atoms with Gasteiger partial charge in [-0.25, -0.2) is 4.79 Å². The third kappa shape index (κ3) is 5.86. The number of ether oxygens (including phenoxy) is 1. The highest BCUT2D eigenvalue weighted by molar-refractivity contribution is 9.10. The maximum atomic E-state index is 12.8. The van der Waals surface area contributed by atoms with E-state index in [1.165, 1.54) is 12.6 Å². The quantitative estimate of drug-likeness (QED) is 0.510. The minimum absolute atomic E-state index is 0.00200. The number of halogens is 1. The van der Waals surface area contributed by atoms with Crippen molar-refractivity contribution in [1.29, 1.82) is 0 Å². The molecule has 2 heterocycles. The number of aromatic nitrogens is 1. The van der Waals surface area contributed by atoms with E-state index >= 15 is 0 Å². The first-order chi connectivity index (χ1) is 16.0. The second-order valence-electron chi connectivity index (χ2n) is 7.33. The van der Waals surface area contributed by atoms with Gasteiger partial charge in [0, 0.05) is 30.4 Å². The average Bonchev–Trinajstić information content (AvgIpc) is 3.01. The molecule has 1 aromatic carbocycles. The van der Waals surface area contributed by atoms with Crippen LogP contribution in [0.1, 0.15) is 56.0 Å². The van der Waals surface area contributed by atoms with Crippen LogP contribution in [-0.2, 0) is 17.6 Å². The number of pyridine rings is 1. The number of phenols is 1. The Morgan fingerprint density at radius 3 is 2.48 bits per heavy atom. The van der Waals surface area contributed by atoms with Gasteiger partial charge in [-0.1, -0.05) is 25.5 Å². The Morgan fingerprint density at radius 2 is 1.85 bits per heavy atom. The van der Waals surface area contributed by atoms with E-state index in [1.807, 2.05) is 19.9 Å². The average molecular weight is 520 g/mol. The molecular weight excluding hydrogens is 486 g/mol. The van der Waals surface area contributed by atoms with Crippen molar-refractivity contribution in [2.45, 2.75) is 46.5 Å². The van der Waals surface area contributed by atoms with Gasteiger partial charge in [-0.2, -0.15) is 0 Å². The molecule has 1 saturated heterocycles. The van der Waals surface area contributed by atoms with Crippen molar-refractivity contribution in [2.75, 3.05) is 26.7 Å². The predicted molar refractivity (Wildman–Crippen MR) is 136 cm³/mol. The van der Waals surface area contributed by atoms with Gasteiger partial charge in [0.05, 0.1) is 16.8 Å². The van der Waals surface area contributed by atoms with Gasteiger partial charge in [-0.05, 0) is 78.8 Å². The Hall–Kier alpha value is -2.58. The van der Waals surface area contributed by atoms with E-state index < -0.39 is 0 Å². The Kier molecular flexibility index (Phi) is 10.2. The number of fused-ring (bicyclic) bond motifs is 2. The van der Waals surface area contributed by atoms with E-state index in [-0.39, 0.29) is 17.3 Å². The van der Waals surface area contributed by atoms with Crippen LogP contribution in [0.5, 0.6) is 5.75 Å². The second kappa shape index (κ2) is 12.6. The number of nitrogens with zero attached hydrogens (tertiary/aromatic N) is 1. The lowest BCUT2D eigenvalue weighted by Gasteiger charge is -2.29. The number of piperidine rings is 1. The molecule has 4 rings (SSSR count). The largest absolute Gasteiger partial charge is 0.508 e. The van der Waals surface area contributed by atoms with Crippen molar-refractivity contribution in [1.82, 2.24) is 9.88 Å². The van der Waals surface area contributed by atoms with E-state index in [0.717, 1.165) is 28.0 Å². The van der Waals surface area contributed by atoms with Gasteiger partial charge in [-0.3, -0.25) is 4.79 Å². The summed E-state index contributed by atoms with van der Waals surface area (Å²) in [6, 6.07) is 5.41. The van der Waals surface area contributed by atoms with Crippen LogP contribution >= 0.6 is 15.9 Å². The number of aromatic amines is 1. The number of carbonyl (C=O) groups excluding carboxylic acids is 1. The zero-order valence-corrected chi connectivity index (χ0v) is 21.4. The van der Waals surface area contributed by atoms with Crippen molar-refractivity contribution < 1.29 is 14.6 Å². The molecule has 0 atom stereocenters. The lowest BCUT2D eigenvalue weighted by molar-refractivity contribution is 0.104. The molecule has 4 N–H and O–H groups in total. The van der Waals surface area contributed by atoms with Crippen molar-refractivity contribution >= 4 is 27.6 Å². The van der Waals surface area contributed by atoms with E-state index in [0.29, 0.717) is 49.9 Å². The molecule has 0 unspecified atom stereocenters. The molecule has 0 saturated carbocycles. The maximum absolute atomic E-state index is 12.8. The number of H-pyrrole nitrogens is 1. The van der Waals surface area contributed by atoms with E-state index in [1.54, 1.807) is 30.2 Å². The summed E-state index contributed by atoms with van der Waals surface area (Å²) in [5, 5.41) is 9.99. The molecule has 1 aliphatic carbocycles. The number of phenolic OH excluding ortho intramolecular Hbond substituents is 1. The summed E-state index contributed by atoms with van der Waals surface area (Å²) in [4.78, 5) is 29.9. The fourth-order valence-electron chi connectivity index (χ4n) is 4.22. The summed E-state index contributed by atoms with van der Waals surface area (Å²) in [7, 11) is 1.50. The highest BCUT2D eigenvalue weighted by Gasteiger charge is 2.28. The lowest BCUT2D eigenvalue weighted by atomic mass is 9.88. The third-order valence-corrected chi connectivity index (χ3v) is 6.22. The predicted octanol–water partition coefficient (Wildman–Crippen LogP) is 4.60. The number of aryl methyl sites for hydroxylation is 1. The first kappa shape index (κ1) is 26.7. The molecule has 180 valence electrons. The number of likely N-dealkylation sites (tertiary alicyclic amines) is 1. The highest BCUT2D eigenvalue weighted by atomic mass is 79.9. The normalized spacial score (nSPS) is 14.5. The second-order valence-corrected chi connectivity index (χ2v) is 8.18. The summed E-state index contributed by atoms with van der Waals surface area (Å²) in [5.41, 5.74) is 10.4. The van der Waals surface area contributed by atoms with Gasteiger partial charge in [0.25, 0.3) is 0 Å². The molecule has 7 nitrogen and oxygen atoms in total. The summed E-state index contributed by atoms with van der Waals surface area (Å²) in [6.45, 7) is 7.34. The maximum Gasteiger partial charge on any atom is 0.409 e. The Balaban J connectivity index is 0.000000914. The molecule has 1 aromatic heterocycles. The number of hydrogen-bond donors (Lipinski definition) is 3. The van der Waals surface area contributed by atoms with Crippen molar-refractivity contribution in [3.8, 4) is 5.75 Å². The number of amides is 1. The van der Waals surface area contributed by atoms with Crippen LogP contribution in [0.2, 0.25) is 0 Å². The summed E-state index contributed by atoms with van der Waals surface area (Å²) >= 11 is 3.34. The van der Waals surface area contributed by atoms with Crippen molar-refractivity contribution in [3.05, 3.63) is 67.0 Å². The minimum Gasteiger partial charge on any atom is -0.508 e. The van der Waals surface area contributed by atoms with Gasteiger partial charge < -0.3 is 25.5 Å². The van der Waals surface area contributed by atoms with Crippen molar-refractivity contribution in [3.63, 3.8) is 0 Å². The molecule has 2 aliphatic rings. The van der Waals surface area contributed by atoms with Crippen LogP contribution in [0.15, 0.2) is 39.2 Å². The zero-order valence-electron chi connectivity index (χ0n) is 19.8. The number of aromatic hydroxyl groups is 1. The number of nitrogens with one attached hydrogen (secondary N) is 1. The molecule has 1 aliphatic heterocycles. The third-order valence-electron chi connectivity index (χ3n) is 5.64. The topological polar surface area (TPSA) is 109 Å². The Labute approximate surface area is 203 Å². The van der Waals surface area contributed by atoms with Gasteiger partial charge in [0.15, 0.2) is 5.43 Å². The smallest absolute Gasteiger partial charge is 0.409 e. The van der Waals surface area contributed by atoms with Crippen LogP contribution in [0, 0.1) is 0 Å². The summed E-state index contributed by atoms with van der Waals surface area (Å²) < 4.78 is 5.65. The lowest BCUT2D eigenvalue weighted by Crippen LogP contribution is -2.37. The van der Waals surface area contributed by atoms with Crippen LogP contribution in [-0.4, -0.2) is 47.8 Å². The fourth-order valence-corrected chi connectivity index (χ4v) is 4.58. The van der Waals surface area contributed by atoms with Crippen LogP contribution < -0.4 is 11.2 Å². The first-order valence-electron chi connectivity index (χ1n) is 11.4. The highest BCUT2D eigenvalue weighted by Crippen LogP contribution is 2.38. The minimum atomic E-state index is -0.277. The molecular formula is C25H34BrN3O4. The van der Waals surface area contributed by atoms with E-state index in [4.69, 9.17) is 4.74 Å². The number of rotatable bonds is 1. The molecule has 1 fully saturated rings. The Morgan fingerprint density at radius 1 is 1.18 bits per heavy atom. The number of benzene rings is 1. The fraction of sp³-hybridized carbons (Fsp3) is 0.440. The number of carbonyl (C=O) groups is 1.